The molecular formula is C9H15NO2. The molecule has 2 N–H and O–H groups in total. The van der Waals surface area contributed by atoms with Crippen LogP contribution in [0, 0.1) is 11.8 Å². The lowest BCUT2D eigenvalue weighted by molar-refractivity contribution is -0.0534. The van der Waals surface area contributed by atoms with Gasteiger partial charge in [-0.25, -0.2) is 0 Å². The Kier molecular flexibility index (Phi) is 1.23. The molecule has 68 valence electrons. The van der Waals surface area contributed by atoms with Gasteiger partial charge in [-0.1, -0.05) is 0 Å². The van der Waals surface area contributed by atoms with Crippen molar-refractivity contribution in [2.45, 2.75) is 31.2 Å². The van der Waals surface area contributed by atoms with Crippen LogP contribution in [0.15, 0.2) is 0 Å². The molecule has 3 saturated heterocycles. The summed E-state index contributed by atoms with van der Waals surface area (Å²) in [5.74, 6) is 1.21. The van der Waals surface area contributed by atoms with Gasteiger partial charge in [0.05, 0.1) is 17.8 Å². The Morgan fingerprint density at radius 2 is 2.33 bits per heavy atom. The molecule has 0 aromatic rings. The lowest BCUT2D eigenvalue weighted by Crippen LogP contribution is -2.45. The Balaban J connectivity index is 1.98. The van der Waals surface area contributed by atoms with Crippen LogP contribution in [-0.2, 0) is 4.74 Å². The summed E-state index contributed by atoms with van der Waals surface area (Å²) in [5.41, 5.74) is -0.237. The second-order valence-corrected chi connectivity index (χ2v) is 4.52. The first kappa shape index (κ1) is 7.30. The molecule has 5 unspecified atom stereocenters. The summed E-state index contributed by atoms with van der Waals surface area (Å²) in [4.78, 5) is 0. The highest BCUT2D eigenvalue weighted by molar-refractivity contribution is 5.12. The number of ether oxygens (including phenoxy) is 1. The molecule has 0 amide bonds. The van der Waals surface area contributed by atoms with Crippen LogP contribution in [0.4, 0.5) is 0 Å². The maximum Gasteiger partial charge on any atom is 0.0961 e. The molecule has 3 rings (SSSR count). The minimum Gasteiger partial charge on any atom is -0.390 e. The molecular weight excluding hydrogens is 154 g/mol. The van der Waals surface area contributed by atoms with Crippen molar-refractivity contribution in [1.29, 1.82) is 0 Å². The van der Waals surface area contributed by atoms with E-state index in [4.69, 9.17) is 4.74 Å². The van der Waals surface area contributed by atoms with E-state index in [2.05, 4.69) is 12.2 Å². The number of rotatable bonds is 0. The molecule has 5 atom stereocenters. The summed E-state index contributed by atoms with van der Waals surface area (Å²) in [7, 11) is 0. The van der Waals surface area contributed by atoms with Crippen LogP contribution in [0.5, 0.6) is 0 Å². The van der Waals surface area contributed by atoms with Gasteiger partial charge in [-0.2, -0.15) is 0 Å². The van der Waals surface area contributed by atoms with Crippen molar-refractivity contribution in [3.8, 4) is 0 Å². The van der Waals surface area contributed by atoms with E-state index in [1.54, 1.807) is 0 Å². The van der Waals surface area contributed by atoms with Gasteiger partial charge in [-0.05, 0) is 6.92 Å². The molecule has 0 aromatic carbocycles. The third-order valence-corrected chi connectivity index (χ3v) is 4.00. The zero-order valence-corrected chi connectivity index (χ0v) is 7.29. The van der Waals surface area contributed by atoms with Crippen molar-refractivity contribution in [3.05, 3.63) is 0 Å². The fourth-order valence-electron chi connectivity index (χ4n) is 3.22. The van der Waals surface area contributed by atoms with Gasteiger partial charge in [0.2, 0.25) is 0 Å². The summed E-state index contributed by atoms with van der Waals surface area (Å²) in [6.07, 6.45) is 0.938. The van der Waals surface area contributed by atoms with Gasteiger partial charge in [0.15, 0.2) is 0 Å². The van der Waals surface area contributed by atoms with Gasteiger partial charge < -0.3 is 15.2 Å². The Hall–Kier alpha value is -0.120. The zero-order valence-electron chi connectivity index (χ0n) is 7.29. The average Bonchev–Trinajstić information content (AvgIpc) is 2.60. The molecule has 0 aromatic heterocycles. The quantitative estimate of drug-likeness (QED) is 0.525. The van der Waals surface area contributed by atoms with Crippen LogP contribution in [-0.4, -0.2) is 36.0 Å². The normalized spacial score (nSPS) is 62.5. The van der Waals surface area contributed by atoms with Crippen molar-refractivity contribution in [3.63, 3.8) is 0 Å². The molecule has 12 heavy (non-hydrogen) atoms. The van der Waals surface area contributed by atoms with E-state index in [1.807, 2.05) is 0 Å². The van der Waals surface area contributed by atoms with Crippen LogP contribution in [0.1, 0.15) is 13.3 Å². The van der Waals surface area contributed by atoms with Crippen LogP contribution < -0.4 is 5.32 Å². The van der Waals surface area contributed by atoms with Gasteiger partial charge in [0.1, 0.15) is 0 Å². The van der Waals surface area contributed by atoms with Crippen molar-refractivity contribution in [2.75, 3.05) is 13.1 Å². The standard InChI is InChI=1S/C9H15NO2/c1-9-6-4-10-3-5(6)7(12-9)2-8(9)11/h5-8,10-11H,2-4H2,1H3. The molecule has 2 bridgehead atoms. The molecule has 0 spiro atoms. The lowest BCUT2D eigenvalue weighted by Gasteiger charge is -2.32. The predicted molar refractivity (Wildman–Crippen MR) is 43.8 cm³/mol. The largest absolute Gasteiger partial charge is 0.390 e. The Bertz CT molecular complexity index is 221. The average molecular weight is 169 g/mol. The highest BCUT2D eigenvalue weighted by Gasteiger charge is 2.62. The monoisotopic (exact) mass is 169 g/mol. The van der Waals surface area contributed by atoms with E-state index in [1.165, 1.54) is 0 Å². The van der Waals surface area contributed by atoms with Crippen molar-refractivity contribution < 1.29 is 9.84 Å². The first-order chi connectivity index (χ1) is 5.72. The first-order valence-electron chi connectivity index (χ1n) is 4.78. The van der Waals surface area contributed by atoms with Gasteiger partial charge in [-0.15, -0.1) is 0 Å². The van der Waals surface area contributed by atoms with E-state index in [9.17, 15) is 5.11 Å². The van der Waals surface area contributed by atoms with E-state index in [-0.39, 0.29) is 11.7 Å². The Morgan fingerprint density at radius 3 is 3.17 bits per heavy atom. The molecule has 3 aliphatic rings. The van der Waals surface area contributed by atoms with E-state index in [0.29, 0.717) is 17.9 Å². The number of nitrogens with one attached hydrogen (secondary N) is 1. The van der Waals surface area contributed by atoms with Crippen molar-refractivity contribution in [1.82, 2.24) is 5.32 Å². The summed E-state index contributed by atoms with van der Waals surface area (Å²) >= 11 is 0. The second-order valence-electron chi connectivity index (χ2n) is 4.52. The third-order valence-electron chi connectivity index (χ3n) is 4.00. The topological polar surface area (TPSA) is 41.5 Å². The molecule has 3 fully saturated rings. The van der Waals surface area contributed by atoms with Gasteiger partial charge in [0, 0.05) is 31.3 Å². The fraction of sp³-hybridized carbons (Fsp3) is 1.00. The first-order valence-corrected chi connectivity index (χ1v) is 4.78. The van der Waals surface area contributed by atoms with E-state index in [0.717, 1.165) is 19.5 Å². The number of hydrogen-bond donors (Lipinski definition) is 2. The van der Waals surface area contributed by atoms with E-state index < -0.39 is 0 Å². The van der Waals surface area contributed by atoms with Crippen LogP contribution in [0.2, 0.25) is 0 Å². The number of hydrogen-bond acceptors (Lipinski definition) is 3. The molecule has 3 heteroatoms. The number of aliphatic hydroxyl groups is 1. The third kappa shape index (κ3) is 0.640. The van der Waals surface area contributed by atoms with Crippen LogP contribution in [0.3, 0.4) is 0 Å². The van der Waals surface area contributed by atoms with Crippen molar-refractivity contribution >= 4 is 0 Å². The van der Waals surface area contributed by atoms with Crippen LogP contribution in [0.25, 0.3) is 0 Å². The Morgan fingerprint density at radius 1 is 1.50 bits per heavy atom. The molecule has 3 heterocycles. The second kappa shape index (κ2) is 2.03. The lowest BCUT2D eigenvalue weighted by atomic mass is 9.73. The zero-order chi connectivity index (χ0) is 8.34. The SMILES string of the molecule is CC12OC(CC1O)C1CNCC12. The number of aliphatic hydroxyl groups excluding tert-OH is 1. The van der Waals surface area contributed by atoms with Gasteiger partial charge >= 0.3 is 0 Å². The van der Waals surface area contributed by atoms with Crippen molar-refractivity contribution in [2.24, 2.45) is 11.8 Å². The van der Waals surface area contributed by atoms with Crippen LogP contribution >= 0.6 is 0 Å². The summed E-state index contributed by atoms with van der Waals surface area (Å²) < 4.78 is 5.85. The minimum absolute atomic E-state index is 0.233. The molecule has 3 aliphatic heterocycles. The smallest absolute Gasteiger partial charge is 0.0961 e. The molecule has 0 radical (unpaired) electrons. The summed E-state index contributed by atoms with van der Waals surface area (Å²) in [5, 5.41) is 13.2. The minimum atomic E-state index is -0.237. The maximum absolute atomic E-state index is 9.77. The molecule has 3 nitrogen and oxygen atoms in total. The highest BCUT2D eigenvalue weighted by atomic mass is 16.5. The fourth-order valence-corrected chi connectivity index (χ4v) is 3.22. The number of fused-ring (bicyclic) bond motifs is 5. The van der Waals surface area contributed by atoms with E-state index >= 15 is 0 Å². The molecule has 0 saturated carbocycles. The van der Waals surface area contributed by atoms with Gasteiger partial charge in [0.25, 0.3) is 0 Å². The van der Waals surface area contributed by atoms with Gasteiger partial charge in [-0.3, -0.25) is 0 Å². The maximum atomic E-state index is 9.77. The highest BCUT2D eigenvalue weighted by Crippen LogP contribution is 2.52. The molecule has 0 aliphatic carbocycles. The predicted octanol–water partition coefficient (Wildman–Crippen LogP) is -0.256. The summed E-state index contributed by atoms with van der Waals surface area (Å²) in [6.45, 7) is 4.17. The summed E-state index contributed by atoms with van der Waals surface area (Å²) in [6, 6.07) is 0. The Labute approximate surface area is 72.1 Å².